The number of ketones is 1. The van der Waals surface area contributed by atoms with Crippen molar-refractivity contribution in [3.8, 4) is 0 Å². The van der Waals surface area contributed by atoms with E-state index in [1.165, 1.54) is 0 Å². The summed E-state index contributed by atoms with van der Waals surface area (Å²) in [7, 11) is -2.72. The number of Topliss-reactive ketones (excluding diaryl/α,β-unsaturated/α-hetero) is 1. The van der Waals surface area contributed by atoms with Gasteiger partial charge in [-0.3, -0.25) is 4.79 Å². The molecule has 3 aromatic carbocycles. The molecule has 0 saturated carbocycles. The van der Waals surface area contributed by atoms with E-state index >= 15 is 0 Å². The van der Waals surface area contributed by atoms with Gasteiger partial charge in [0, 0.05) is 0 Å². The van der Waals surface area contributed by atoms with Gasteiger partial charge in [-0.15, -0.1) is 0 Å². The lowest BCUT2D eigenvalue weighted by molar-refractivity contribution is -0.397. The molecule has 0 amide bonds. The summed E-state index contributed by atoms with van der Waals surface area (Å²) in [5.74, 6) is -0.679. The number of ether oxygens (including phenoxy) is 1. The molecule has 1 unspecified atom stereocenters. The van der Waals surface area contributed by atoms with E-state index in [4.69, 9.17) is 4.74 Å². The first-order valence-electron chi connectivity index (χ1n) is 10.1. The molecule has 0 spiro atoms. The van der Waals surface area contributed by atoms with Crippen LogP contribution in [0.15, 0.2) is 91.0 Å². The Kier molecular flexibility index (Phi) is 11.5. The van der Waals surface area contributed by atoms with Crippen LogP contribution in [-0.4, -0.2) is 30.1 Å². The zero-order valence-corrected chi connectivity index (χ0v) is 22.2. The molecule has 0 saturated heterocycles. The smallest absolute Gasteiger partial charge is 0.356 e. The third-order valence-electron chi connectivity index (χ3n) is 5.14. The number of carbonyl (C=O) groups excluding carboxylic acids is 2. The molecule has 0 bridgehead atoms. The van der Waals surface area contributed by atoms with Crippen molar-refractivity contribution >= 4 is 34.9 Å². The molecule has 0 aliphatic carbocycles. The van der Waals surface area contributed by atoms with Crippen molar-refractivity contribution in [1.29, 1.82) is 0 Å². The molecule has 170 valence electrons. The van der Waals surface area contributed by atoms with Gasteiger partial charge in [-0.05, 0) is 50.2 Å². The van der Waals surface area contributed by atoms with Gasteiger partial charge in [-0.25, -0.2) is 4.79 Å². The maximum atomic E-state index is 13.6. The van der Waals surface area contributed by atoms with Crippen LogP contribution >= 0.6 is 7.26 Å². The third kappa shape index (κ3) is 5.55. The number of carbonyl (C=O) groups is 2. The Labute approximate surface area is 211 Å². The number of quaternary nitrogens is 1. The van der Waals surface area contributed by atoms with Crippen LogP contribution in [0.4, 0.5) is 0 Å². The van der Waals surface area contributed by atoms with E-state index in [9.17, 15) is 9.59 Å². The fourth-order valence-corrected chi connectivity index (χ4v) is 8.58. The summed E-state index contributed by atoms with van der Waals surface area (Å²) in [6.07, 6.45) is 0. The average molecular weight is 581 g/mol. The van der Waals surface area contributed by atoms with Gasteiger partial charge < -0.3 is 44.4 Å². The Hall–Kier alpha value is -1.85. The summed E-state index contributed by atoms with van der Waals surface area (Å²) >= 11 is 0. The highest BCUT2D eigenvalue weighted by atomic mass is 79.9. The van der Waals surface area contributed by atoms with Gasteiger partial charge in [0.25, 0.3) is 0 Å². The van der Waals surface area contributed by atoms with Gasteiger partial charge in [0.05, 0.1) is 6.61 Å². The predicted molar refractivity (Wildman–Crippen MR) is 123 cm³/mol. The second kappa shape index (κ2) is 13.0. The average Bonchev–Trinajstić information content (AvgIpc) is 2.79. The van der Waals surface area contributed by atoms with Crippen molar-refractivity contribution in [2.45, 2.75) is 25.5 Å². The maximum Gasteiger partial charge on any atom is 0.356 e. The van der Waals surface area contributed by atoms with Crippen LogP contribution in [0.2, 0.25) is 0 Å². The first-order chi connectivity index (χ1) is 14.5. The first-order valence-corrected chi connectivity index (χ1v) is 12.0. The highest BCUT2D eigenvalue weighted by Gasteiger charge is 2.60. The Balaban J connectivity index is 0.00000256. The van der Waals surface area contributed by atoms with E-state index in [2.05, 4.69) is 5.73 Å². The number of halogens is 2. The van der Waals surface area contributed by atoms with Gasteiger partial charge in [-0.2, -0.15) is 0 Å². The highest BCUT2D eigenvalue weighted by Crippen LogP contribution is 2.60. The fraction of sp³-hybridized carbons (Fsp3) is 0.200. The van der Waals surface area contributed by atoms with E-state index in [1.54, 1.807) is 13.8 Å². The molecule has 3 rings (SSSR count). The number of esters is 1. The van der Waals surface area contributed by atoms with Crippen LogP contribution in [0.5, 0.6) is 0 Å². The Bertz CT molecular complexity index is 889. The van der Waals surface area contributed by atoms with Crippen LogP contribution in [-0.2, 0) is 14.3 Å². The second-order valence-corrected chi connectivity index (χ2v) is 10.7. The summed E-state index contributed by atoms with van der Waals surface area (Å²) in [5.41, 5.74) is 3.00. The van der Waals surface area contributed by atoms with Crippen molar-refractivity contribution < 1.29 is 54.0 Å². The molecule has 0 aliphatic rings. The maximum absolute atomic E-state index is 13.6. The molecule has 3 aromatic rings. The molecular formula is C25H28Br2NO3P. The summed E-state index contributed by atoms with van der Waals surface area (Å²) in [6, 6.07) is 29.1. The van der Waals surface area contributed by atoms with Crippen molar-refractivity contribution in [1.82, 2.24) is 0 Å². The van der Waals surface area contributed by atoms with Crippen molar-refractivity contribution in [3.05, 3.63) is 91.0 Å². The van der Waals surface area contributed by atoms with Crippen LogP contribution in [0.25, 0.3) is 0 Å². The standard InChI is InChI=1S/C25H27NO3P.2BrH/c1-3-29-25(28)24(23(27)19(2)26)30(20-13-7-4-8-14-20,21-15-9-5-10-16-21)22-17-11-6-12-18-22;;/h4-19,24H,3,26H2,1-2H3;2*1H/q+1;;/p-1/t19-,24?;;/m1../s1. The number of hydrogen-bond acceptors (Lipinski definition) is 3. The Morgan fingerprint density at radius 3 is 1.41 bits per heavy atom. The van der Waals surface area contributed by atoms with E-state index in [0.717, 1.165) is 15.9 Å². The van der Waals surface area contributed by atoms with E-state index < -0.39 is 24.9 Å². The highest BCUT2D eigenvalue weighted by molar-refractivity contribution is 7.97. The molecule has 4 nitrogen and oxygen atoms in total. The Morgan fingerprint density at radius 1 is 0.781 bits per heavy atom. The predicted octanol–water partition coefficient (Wildman–Crippen LogP) is -3.88. The molecule has 0 aliphatic heterocycles. The van der Waals surface area contributed by atoms with Gasteiger partial charge in [0.2, 0.25) is 11.4 Å². The third-order valence-corrected chi connectivity index (χ3v) is 9.72. The van der Waals surface area contributed by atoms with Gasteiger partial charge in [0.15, 0.2) is 0 Å². The topological polar surface area (TPSA) is 71.0 Å². The Morgan fingerprint density at radius 2 is 1.12 bits per heavy atom. The molecule has 0 radical (unpaired) electrons. The van der Waals surface area contributed by atoms with Gasteiger partial charge >= 0.3 is 5.97 Å². The molecule has 3 N–H and O–H groups in total. The molecular weight excluding hydrogens is 553 g/mol. The number of rotatable bonds is 8. The molecule has 32 heavy (non-hydrogen) atoms. The number of benzene rings is 3. The van der Waals surface area contributed by atoms with Gasteiger partial charge in [-0.1, -0.05) is 54.6 Å². The van der Waals surface area contributed by atoms with Crippen LogP contribution < -0.4 is 55.6 Å². The number of hydrogen-bond donors (Lipinski definition) is 1. The lowest BCUT2D eigenvalue weighted by Gasteiger charge is -2.32. The lowest BCUT2D eigenvalue weighted by atomic mass is 10.1. The monoisotopic (exact) mass is 579 g/mol. The largest absolute Gasteiger partial charge is 1.00 e. The van der Waals surface area contributed by atoms with Crippen molar-refractivity contribution in [3.63, 3.8) is 0 Å². The second-order valence-electron chi connectivity index (χ2n) is 7.19. The van der Waals surface area contributed by atoms with Crippen molar-refractivity contribution in [2.24, 2.45) is 0 Å². The zero-order chi connectivity index (χ0) is 21.6. The normalized spacial score (nSPS) is 12.5. The molecule has 7 heteroatoms. The first kappa shape index (κ1) is 28.2. The fourth-order valence-electron chi connectivity index (χ4n) is 3.84. The molecule has 0 heterocycles. The summed E-state index contributed by atoms with van der Waals surface area (Å²) in [5, 5.41) is 2.90. The van der Waals surface area contributed by atoms with Crippen molar-refractivity contribution in [2.75, 3.05) is 6.61 Å². The quantitative estimate of drug-likeness (QED) is 0.168. The molecule has 0 aromatic heterocycles. The van der Waals surface area contributed by atoms with Crippen LogP contribution in [0.3, 0.4) is 0 Å². The van der Waals surface area contributed by atoms with Crippen LogP contribution in [0.1, 0.15) is 13.8 Å². The molecule has 2 atom stereocenters. The van der Waals surface area contributed by atoms with Crippen LogP contribution in [0, 0.1) is 0 Å². The summed E-state index contributed by atoms with van der Waals surface area (Å²) in [4.78, 5) is 27.0. The van der Waals surface area contributed by atoms with E-state index in [-0.39, 0.29) is 46.4 Å². The molecule has 0 fully saturated rings. The van der Waals surface area contributed by atoms with E-state index in [0.29, 0.717) is 0 Å². The summed E-state index contributed by atoms with van der Waals surface area (Å²) < 4.78 is 5.49. The minimum Gasteiger partial charge on any atom is -1.00 e. The van der Waals surface area contributed by atoms with Gasteiger partial charge in [0.1, 0.15) is 29.2 Å². The SMILES string of the molecule is CCOC(=O)C(C(=O)[C@@H](C)[NH3+])[P+](c1ccccc1)(c1ccccc1)c1ccccc1.[Br-].[Br-]. The lowest BCUT2D eigenvalue weighted by Crippen LogP contribution is -3.00. The zero-order valence-electron chi connectivity index (χ0n) is 18.2. The minimum absolute atomic E-state index is 0. The summed E-state index contributed by atoms with van der Waals surface area (Å²) in [6.45, 7) is 3.72. The minimum atomic E-state index is -2.72. The van der Waals surface area contributed by atoms with E-state index in [1.807, 2.05) is 91.0 Å².